The molecule has 0 heterocycles. The lowest BCUT2D eigenvalue weighted by atomic mass is 10.1. The Labute approximate surface area is 135 Å². The van der Waals surface area contributed by atoms with Crippen molar-refractivity contribution in [2.75, 3.05) is 11.9 Å². The number of carbonyl (C=O) groups excluding carboxylic acids is 2. The van der Waals surface area contributed by atoms with Crippen LogP contribution in [-0.4, -0.2) is 18.3 Å². The molecule has 1 amide bonds. The summed E-state index contributed by atoms with van der Waals surface area (Å²) >= 11 is 0. The van der Waals surface area contributed by atoms with Crippen LogP contribution in [0.25, 0.3) is 6.08 Å². The summed E-state index contributed by atoms with van der Waals surface area (Å²) in [6.07, 6.45) is 1.59. The first-order valence-electron chi connectivity index (χ1n) is 7.42. The summed E-state index contributed by atoms with van der Waals surface area (Å²) in [5, 5.41) is 2.73. The van der Waals surface area contributed by atoms with E-state index in [-0.39, 0.29) is 11.4 Å². The lowest BCUT2D eigenvalue weighted by Crippen LogP contribution is -2.18. The van der Waals surface area contributed by atoms with E-state index in [4.69, 9.17) is 4.74 Å². The van der Waals surface area contributed by atoms with Crippen LogP contribution in [0, 0.1) is 0 Å². The number of nitrogens with one attached hydrogen (secondary N) is 1. The highest BCUT2D eigenvalue weighted by Crippen LogP contribution is 2.17. The molecule has 2 rings (SSSR count). The third-order valence-corrected chi connectivity index (χ3v) is 3.16. The molecule has 2 aromatic carbocycles. The van der Waals surface area contributed by atoms with Crippen LogP contribution < -0.4 is 10.1 Å². The molecule has 4 heteroatoms. The van der Waals surface area contributed by atoms with Crippen LogP contribution in [-0.2, 0) is 9.59 Å². The number of amides is 1. The van der Waals surface area contributed by atoms with E-state index in [9.17, 15) is 9.59 Å². The first kappa shape index (κ1) is 16.5. The summed E-state index contributed by atoms with van der Waals surface area (Å²) in [7, 11) is 0. The maximum Gasteiger partial charge on any atom is 0.259 e. The summed E-state index contributed by atoms with van der Waals surface area (Å²) in [6.45, 7) is 3.87. The number of anilines is 1. The van der Waals surface area contributed by atoms with E-state index < -0.39 is 5.91 Å². The number of ketones is 1. The fraction of sp³-hybridized carbons (Fsp3) is 0.158. The van der Waals surface area contributed by atoms with Gasteiger partial charge in [0.15, 0.2) is 5.78 Å². The van der Waals surface area contributed by atoms with Gasteiger partial charge in [-0.25, -0.2) is 0 Å². The SMILES string of the molecule is CCOc1ccc(NC(=O)/C(=C/c2ccccc2)C(C)=O)cc1. The van der Waals surface area contributed by atoms with Gasteiger partial charge < -0.3 is 10.1 Å². The molecule has 0 radical (unpaired) electrons. The van der Waals surface area contributed by atoms with E-state index in [1.807, 2.05) is 37.3 Å². The summed E-state index contributed by atoms with van der Waals surface area (Å²) in [6, 6.07) is 16.3. The summed E-state index contributed by atoms with van der Waals surface area (Å²) in [4.78, 5) is 24.1. The average molecular weight is 309 g/mol. The lowest BCUT2D eigenvalue weighted by Gasteiger charge is -2.08. The standard InChI is InChI=1S/C19H19NO3/c1-3-23-17-11-9-16(10-12-17)20-19(22)18(14(2)21)13-15-7-5-4-6-8-15/h4-13H,3H2,1-2H3,(H,20,22)/b18-13+. The Bertz CT molecular complexity index is 703. The van der Waals surface area contributed by atoms with Crippen molar-refractivity contribution >= 4 is 23.5 Å². The van der Waals surface area contributed by atoms with Crippen LogP contribution in [0.15, 0.2) is 60.2 Å². The molecule has 4 nitrogen and oxygen atoms in total. The highest BCUT2D eigenvalue weighted by molar-refractivity contribution is 6.25. The Balaban J connectivity index is 2.15. The Morgan fingerprint density at radius 1 is 1.04 bits per heavy atom. The second kappa shape index (κ2) is 7.94. The van der Waals surface area contributed by atoms with E-state index in [1.54, 1.807) is 30.3 Å². The van der Waals surface area contributed by atoms with Gasteiger partial charge in [-0.2, -0.15) is 0 Å². The topological polar surface area (TPSA) is 55.4 Å². The van der Waals surface area contributed by atoms with Crippen LogP contribution >= 0.6 is 0 Å². The molecule has 0 aliphatic rings. The molecule has 0 saturated heterocycles. The normalized spacial score (nSPS) is 11.0. The van der Waals surface area contributed by atoms with Crippen molar-refractivity contribution in [3.05, 3.63) is 65.7 Å². The van der Waals surface area contributed by atoms with Gasteiger partial charge in [0.2, 0.25) is 0 Å². The monoisotopic (exact) mass is 309 g/mol. The van der Waals surface area contributed by atoms with Crippen LogP contribution in [0.2, 0.25) is 0 Å². The van der Waals surface area contributed by atoms with E-state index in [0.29, 0.717) is 12.3 Å². The summed E-state index contributed by atoms with van der Waals surface area (Å²) < 4.78 is 5.35. The third-order valence-electron chi connectivity index (χ3n) is 3.16. The number of Topliss-reactive ketones (excluding diaryl/α,β-unsaturated/α-hetero) is 1. The van der Waals surface area contributed by atoms with Gasteiger partial charge in [-0.1, -0.05) is 30.3 Å². The van der Waals surface area contributed by atoms with E-state index in [2.05, 4.69) is 5.32 Å². The largest absolute Gasteiger partial charge is 0.494 e. The molecule has 0 spiro atoms. The molecule has 0 atom stereocenters. The highest BCUT2D eigenvalue weighted by Gasteiger charge is 2.14. The molecule has 0 aromatic heterocycles. The second-order valence-corrected chi connectivity index (χ2v) is 4.94. The van der Waals surface area contributed by atoms with E-state index in [1.165, 1.54) is 6.92 Å². The number of hydrogen-bond donors (Lipinski definition) is 1. The minimum atomic E-state index is -0.425. The van der Waals surface area contributed by atoms with Crippen molar-refractivity contribution in [1.29, 1.82) is 0 Å². The van der Waals surface area contributed by atoms with Crippen LogP contribution in [0.3, 0.4) is 0 Å². The minimum Gasteiger partial charge on any atom is -0.494 e. The maximum absolute atomic E-state index is 12.3. The smallest absolute Gasteiger partial charge is 0.259 e. The molecule has 1 N–H and O–H groups in total. The van der Waals surface area contributed by atoms with E-state index >= 15 is 0 Å². The van der Waals surface area contributed by atoms with Crippen molar-refractivity contribution in [1.82, 2.24) is 0 Å². The highest BCUT2D eigenvalue weighted by atomic mass is 16.5. The van der Waals surface area contributed by atoms with Crippen LogP contribution in [0.4, 0.5) is 5.69 Å². The average Bonchev–Trinajstić information content (AvgIpc) is 2.55. The lowest BCUT2D eigenvalue weighted by molar-refractivity contribution is -0.118. The molecular formula is C19H19NO3. The van der Waals surface area contributed by atoms with Crippen molar-refractivity contribution in [3.63, 3.8) is 0 Å². The number of rotatable bonds is 6. The fourth-order valence-electron chi connectivity index (χ4n) is 2.04. The molecule has 0 aliphatic heterocycles. The minimum absolute atomic E-state index is 0.116. The number of hydrogen-bond acceptors (Lipinski definition) is 3. The third kappa shape index (κ3) is 4.81. The second-order valence-electron chi connectivity index (χ2n) is 4.94. The van der Waals surface area contributed by atoms with Crippen molar-refractivity contribution < 1.29 is 14.3 Å². The summed E-state index contributed by atoms with van der Waals surface area (Å²) in [5.74, 6) is 0.0277. The maximum atomic E-state index is 12.3. The van der Waals surface area contributed by atoms with Gasteiger partial charge in [0, 0.05) is 5.69 Å². The first-order chi connectivity index (χ1) is 11.1. The Hall–Kier alpha value is -2.88. The Kier molecular flexibility index (Phi) is 5.69. The first-order valence-corrected chi connectivity index (χ1v) is 7.42. The van der Waals surface area contributed by atoms with Gasteiger partial charge in [-0.3, -0.25) is 9.59 Å². The zero-order chi connectivity index (χ0) is 16.7. The van der Waals surface area contributed by atoms with Crippen molar-refractivity contribution in [2.24, 2.45) is 0 Å². The van der Waals surface area contributed by atoms with Gasteiger partial charge in [0.1, 0.15) is 5.75 Å². The van der Waals surface area contributed by atoms with Gasteiger partial charge in [0.25, 0.3) is 5.91 Å². The van der Waals surface area contributed by atoms with Gasteiger partial charge in [0.05, 0.1) is 12.2 Å². The van der Waals surface area contributed by atoms with Gasteiger partial charge >= 0.3 is 0 Å². The molecule has 0 bridgehead atoms. The molecule has 0 saturated carbocycles. The molecular weight excluding hydrogens is 290 g/mol. The Morgan fingerprint density at radius 3 is 2.26 bits per heavy atom. The number of benzene rings is 2. The van der Waals surface area contributed by atoms with Crippen LogP contribution in [0.1, 0.15) is 19.4 Å². The van der Waals surface area contributed by atoms with Gasteiger partial charge in [-0.15, -0.1) is 0 Å². The zero-order valence-electron chi connectivity index (χ0n) is 13.2. The van der Waals surface area contributed by atoms with Crippen molar-refractivity contribution in [2.45, 2.75) is 13.8 Å². The predicted molar refractivity (Wildman–Crippen MR) is 91.3 cm³/mol. The Morgan fingerprint density at radius 2 is 1.70 bits per heavy atom. The molecule has 118 valence electrons. The molecule has 0 fully saturated rings. The zero-order valence-corrected chi connectivity index (χ0v) is 13.2. The fourth-order valence-corrected chi connectivity index (χ4v) is 2.04. The number of carbonyl (C=O) groups is 2. The molecule has 23 heavy (non-hydrogen) atoms. The predicted octanol–water partition coefficient (Wildman–Crippen LogP) is 3.70. The molecule has 0 unspecified atom stereocenters. The van der Waals surface area contributed by atoms with E-state index in [0.717, 1.165) is 11.3 Å². The number of ether oxygens (including phenoxy) is 1. The van der Waals surface area contributed by atoms with Crippen LogP contribution in [0.5, 0.6) is 5.75 Å². The summed E-state index contributed by atoms with van der Waals surface area (Å²) in [5.41, 5.74) is 1.53. The quantitative estimate of drug-likeness (QED) is 0.503. The van der Waals surface area contributed by atoms with Gasteiger partial charge in [-0.05, 0) is 49.8 Å². The molecule has 2 aromatic rings. The van der Waals surface area contributed by atoms with Crippen molar-refractivity contribution in [3.8, 4) is 5.75 Å². The molecule has 0 aliphatic carbocycles.